The second-order valence-corrected chi connectivity index (χ2v) is 10.6. The number of hydrogen-bond donors (Lipinski definition) is 1. The van der Waals surface area contributed by atoms with Crippen LogP contribution in [0.2, 0.25) is 0 Å². The monoisotopic (exact) mass is 566 g/mol. The molecule has 6 rings (SSSR count). The molecule has 0 fully saturated rings. The molecule has 1 N–H and O–H groups in total. The Morgan fingerprint density at radius 3 is 2.32 bits per heavy atom. The maximum absolute atomic E-state index is 14.1. The molecule has 0 saturated heterocycles. The third-order valence-corrected chi connectivity index (χ3v) is 7.83. The van der Waals surface area contributed by atoms with Crippen LogP contribution < -0.4 is 10.2 Å². The number of benzene rings is 4. The van der Waals surface area contributed by atoms with Gasteiger partial charge < -0.3 is 5.32 Å². The summed E-state index contributed by atoms with van der Waals surface area (Å²) in [6.07, 6.45) is 2.13. The molecule has 1 atom stereocenters. The Labute approximate surface area is 238 Å². The number of carbonyl (C=O) groups excluding carboxylic acids is 2. The number of aromatic nitrogens is 2. The second kappa shape index (κ2) is 10.9. The number of fused-ring (bicyclic) bond motifs is 3. The molecule has 0 radical (unpaired) electrons. The molecule has 6 aromatic rings. The summed E-state index contributed by atoms with van der Waals surface area (Å²) in [6, 6.07) is 26.3. The highest BCUT2D eigenvalue weighted by Gasteiger charge is 2.30. The van der Waals surface area contributed by atoms with Gasteiger partial charge in [-0.1, -0.05) is 65.9 Å². The number of amides is 2. The molecule has 4 aromatic carbocycles. The van der Waals surface area contributed by atoms with Crippen molar-refractivity contribution in [2.45, 2.75) is 19.4 Å². The molecule has 0 aliphatic rings. The van der Waals surface area contributed by atoms with Gasteiger partial charge in [0.1, 0.15) is 17.7 Å². The van der Waals surface area contributed by atoms with Crippen LogP contribution in [0.25, 0.3) is 26.4 Å². The van der Waals surface area contributed by atoms with Gasteiger partial charge in [-0.15, -0.1) is 0 Å². The Morgan fingerprint density at radius 2 is 1.61 bits per heavy atom. The third kappa shape index (κ3) is 5.44. The summed E-state index contributed by atoms with van der Waals surface area (Å²) < 4.78 is 31.4. The predicted octanol–water partition coefficient (Wildman–Crippen LogP) is 7.10. The van der Waals surface area contributed by atoms with E-state index in [1.807, 2.05) is 60.8 Å². The summed E-state index contributed by atoms with van der Waals surface area (Å²) in [5.41, 5.74) is 4.04. The maximum Gasteiger partial charge on any atom is 0.247 e. The van der Waals surface area contributed by atoms with Gasteiger partial charge in [0.2, 0.25) is 11.8 Å². The first kappa shape index (κ1) is 26.3. The number of hydrogen-bond acceptors (Lipinski definition) is 4. The van der Waals surface area contributed by atoms with Crippen LogP contribution >= 0.6 is 11.3 Å². The zero-order valence-corrected chi connectivity index (χ0v) is 22.7. The van der Waals surface area contributed by atoms with Crippen LogP contribution in [0.15, 0.2) is 103 Å². The van der Waals surface area contributed by atoms with E-state index in [-0.39, 0.29) is 12.1 Å². The van der Waals surface area contributed by atoms with E-state index in [0.717, 1.165) is 55.1 Å². The average molecular weight is 567 g/mol. The minimum Gasteiger partial charge on any atom is -0.324 e. The fourth-order valence-corrected chi connectivity index (χ4v) is 5.94. The first-order chi connectivity index (χ1) is 19.9. The molecule has 0 aliphatic heterocycles. The molecule has 2 heterocycles. The smallest absolute Gasteiger partial charge is 0.247 e. The molecule has 0 saturated carbocycles. The Bertz CT molecular complexity index is 1860. The number of anilines is 2. The van der Waals surface area contributed by atoms with E-state index in [9.17, 15) is 18.4 Å². The van der Waals surface area contributed by atoms with Crippen molar-refractivity contribution in [2.24, 2.45) is 0 Å². The molecule has 9 heteroatoms. The van der Waals surface area contributed by atoms with Gasteiger partial charge in [-0.2, -0.15) is 0 Å². The van der Waals surface area contributed by atoms with Crippen LogP contribution in [-0.2, 0) is 16.0 Å². The summed E-state index contributed by atoms with van der Waals surface area (Å²) in [5, 5.41) is 2.88. The molecule has 2 amide bonds. The van der Waals surface area contributed by atoms with Gasteiger partial charge in [-0.3, -0.25) is 18.9 Å². The van der Waals surface area contributed by atoms with Crippen molar-refractivity contribution in [2.75, 3.05) is 10.2 Å². The van der Waals surface area contributed by atoms with Crippen molar-refractivity contribution in [3.8, 4) is 11.3 Å². The van der Waals surface area contributed by atoms with Crippen LogP contribution in [0.4, 0.5) is 20.2 Å². The van der Waals surface area contributed by atoms with Crippen LogP contribution in [0.3, 0.4) is 0 Å². The lowest BCUT2D eigenvalue weighted by molar-refractivity contribution is -0.122. The second-order valence-electron chi connectivity index (χ2n) is 9.64. The zero-order valence-electron chi connectivity index (χ0n) is 21.9. The minimum atomic E-state index is -1.07. The topological polar surface area (TPSA) is 66.7 Å². The Balaban J connectivity index is 1.28. The molecule has 2 aromatic heterocycles. The van der Waals surface area contributed by atoms with Gasteiger partial charge in [0.25, 0.3) is 0 Å². The van der Waals surface area contributed by atoms with E-state index in [0.29, 0.717) is 5.69 Å². The standard InChI is InChI=1S/C32H24F2N4O2S/c1-20(39)38(26-17-23(33)16-24(34)18-26)29(15-21-7-3-2-4-8-21)31(40)35-25-13-11-22(12-14-25)27-19-37-28-9-5-6-10-30(28)41-32(37)36-27/h2-14,16-19,29H,15H2,1H3,(H,35,40). The number of thiazole rings is 1. The molecule has 204 valence electrons. The average Bonchev–Trinajstić information content (AvgIpc) is 3.51. The van der Waals surface area contributed by atoms with Gasteiger partial charge in [-0.05, 0) is 42.0 Å². The highest BCUT2D eigenvalue weighted by Crippen LogP contribution is 2.30. The van der Waals surface area contributed by atoms with Crippen molar-refractivity contribution >= 4 is 49.7 Å². The van der Waals surface area contributed by atoms with Gasteiger partial charge in [0.15, 0.2) is 4.96 Å². The van der Waals surface area contributed by atoms with Crippen molar-refractivity contribution < 1.29 is 18.4 Å². The SMILES string of the molecule is CC(=O)N(c1cc(F)cc(F)c1)C(Cc1ccccc1)C(=O)Nc1ccc(-c2cn3c(n2)sc2ccccc23)cc1. The van der Waals surface area contributed by atoms with E-state index >= 15 is 0 Å². The van der Waals surface area contributed by atoms with Gasteiger partial charge in [-0.25, -0.2) is 13.8 Å². The van der Waals surface area contributed by atoms with E-state index in [1.165, 1.54) is 6.92 Å². The highest BCUT2D eigenvalue weighted by molar-refractivity contribution is 7.23. The summed E-state index contributed by atoms with van der Waals surface area (Å²) >= 11 is 1.61. The van der Waals surface area contributed by atoms with Crippen LogP contribution in [0, 0.1) is 11.6 Å². The van der Waals surface area contributed by atoms with Crippen LogP contribution in [0.1, 0.15) is 12.5 Å². The number of carbonyl (C=O) groups is 2. The van der Waals surface area contributed by atoms with Crippen molar-refractivity contribution in [3.05, 3.63) is 120 Å². The first-order valence-corrected chi connectivity index (χ1v) is 13.7. The number of nitrogens with zero attached hydrogens (tertiary/aromatic N) is 3. The fourth-order valence-electron chi connectivity index (χ4n) is 4.94. The summed E-state index contributed by atoms with van der Waals surface area (Å²) in [7, 11) is 0. The quantitative estimate of drug-likeness (QED) is 0.224. The summed E-state index contributed by atoms with van der Waals surface area (Å²) in [4.78, 5) is 33.2. The normalized spacial score (nSPS) is 12.0. The zero-order chi connectivity index (χ0) is 28.5. The van der Waals surface area contributed by atoms with Crippen molar-refractivity contribution in [1.82, 2.24) is 9.38 Å². The Morgan fingerprint density at radius 1 is 0.927 bits per heavy atom. The summed E-state index contributed by atoms with van der Waals surface area (Å²) in [5.74, 6) is -2.69. The highest BCUT2D eigenvalue weighted by atomic mass is 32.1. The number of halogens is 2. The van der Waals surface area contributed by atoms with Crippen LogP contribution in [0.5, 0.6) is 0 Å². The first-order valence-electron chi connectivity index (χ1n) is 12.9. The van der Waals surface area contributed by atoms with Crippen molar-refractivity contribution in [1.29, 1.82) is 0 Å². The molecule has 41 heavy (non-hydrogen) atoms. The van der Waals surface area contributed by atoms with Gasteiger partial charge >= 0.3 is 0 Å². The number of para-hydroxylation sites is 1. The summed E-state index contributed by atoms with van der Waals surface area (Å²) in [6.45, 7) is 1.27. The lowest BCUT2D eigenvalue weighted by Gasteiger charge is -2.30. The lowest BCUT2D eigenvalue weighted by atomic mass is 10.0. The van der Waals surface area contributed by atoms with Gasteiger partial charge in [0.05, 0.1) is 21.6 Å². The molecule has 0 aliphatic carbocycles. The largest absolute Gasteiger partial charge is 0.324 e. The number of imidazole rings is 1. The third-order valence-electron chi connectivity index (χ3n) is 6.80. The van der Waals surface area contributed by atoms with E-state index in [2.05, 4.69) is 21.9 Å². The van der Waals surface area contributed by atoms with Crippen LogP contribution in [-0.4, -0.2) is 27.2 Å². The molecule has 6 nitrogen and oxygen atoms in total. The molecule has 1 unspecified atom stereocenters. The number of nitrogens with one attached hydrogen (secondary N) is 1. The fraction of sp³-hybridized carbons (Fsp3) is 0.0938. The van der Waals surface area contributed by atoms with E-state index < -0.39 is 29.5 Å². The molecular weight excluding hydrogens is 542 g/mol. The molecular formula is C32H24F2N4O2S. The van der Waals surface area contributed by atoms with E-state index in [1.54, 1.807) is 23.5 Å². The van der Waals surface area contributed by atoms with Crippen molar-refractivity contribution in [3.63, 3.8) is 0 Å². The molecule has 0 spiro atoms. The maximum atomic E-state index is 14.1. The van der Waals surface area contributed by atoms with Gasteiger partial charge in [0, 0.05) is 36.9 Å². The van der Waals surface area contributed by atoms with E-state index in [4.69, 9.17) is 4.98 Å². The lowest BCUT2D eigenvalue weighted by Crippen LogP contribution is -2.48. The predicted molar refractivity (Wildman–Crippen MR) is 158 cm³/mol. The molecule has 0 bridgehead atoms. The minimum absolute atomic E-state index is 0.0336. The Kier molecular flexibility index (Phi) is 7.03. The Hall–Kier alpha value is -4.89. The number of rotatable bonds is 7.